The lowest BCUT2D eigenvalue weighted by atomic mass is 10.1. The van der Waals surface area contributed by atoms with Crippen molar-refractivity contribution in [3.05, 3.63) is 53.9 Å². The number of ketones is 1. The maximum atomic E-state index is 13.5. The Kier molecular flexibility index (Phi) is 3.85. The number of halogens is 1. The Morgan fingerprint density at radius 2 is 2.05 bits per heavy atom. The molecule has 0 fully saturated rings. The van der Waals surface area contributed by atoms with Crippen LogP contribution in [0.15, 0.2) is 36.9 Å². The van der Waals surface area contributed by atoms with Crippen molar-refractivity contribution in [2.45, 2.75) is 20.0 Å². The van der Waals surface area contributed by atoms with Gasteiger partial charge >= 0.3 is 0 Å². The summed E-state index contributed by atoms with van der Waals surface area (Å²) < 4.78 is 19.0. The molecule has 0 spiro atoms. The molecule has 0 aromatic carbocycles. The van der Waals surface area contributed by atoms with Crippen LogP contribution in [0.5, 0.6) is 5.75 Å². The zero-order chi connectivity index (χ0) is 13.8. The number of hydrogen-bond donors (Lipinski definition) is 0. The van der Waals surface area contributed by atoms with Gasteiger partial charge in [0.2, 0.25) is 0 Å². The highest BCUT2D eigenvalue weighted by molar-refractivity contribution is 6.09. The molecule has 2 aromatic heterocycles. The van der Waals surface area contributed by atoms with E-state index in [1.807, 2.05) is 13.8 Å². The van der Waals surface area contributed by atoms with Gasteiger partial charge in [0.05, 0.1) is 24.1 Å². The lowest BCUT2D eigenvalue weighted by Crippen LogP contribution is -2.08. The van der Waals surface area contributed by atoms with E-state index in [1.165, 1.54) is 24.7 Å². The van der Waals surface area contributed by atoms with Gasteiger partial charge in [-0.2, -0.15) is 0 Å². The first-order valence-electron chi connectivity index (χ1n) is 5.84. The second-order valence-corrected chi connectivity index (χ2v) is 4.26. The van der Waals surface area contributed by atoms with Gasteiger partial charge in [-0.05, 0) is 26.0 Å². The Morgan fingerprint density at radius 1 is 1.26 bits per heavy atom. The van der Waals surface area contributed by atoms with E-state index in [1.54, 1.807) is 6.07 Å². The lowest BCUT2D eigenvalue weighted by molar-refractivity contribution is 0.103. The Labute approximate surface area is 110 Å². The van der Waals surface area contributed by atoms with E-state index in [4.69, 9.17) is 4.74 Å². The number of aromatic nitrogens is 2. The topological polar surface area (TPSA) is 52.1 Å². The zero-order valence-corrected chi connectivity index (χ0v) is 10.6. The van der Waals surface area contributed by atoms with Crippen molar-refractivity contribution in [1.29, 1.82) is 0 Å². The van der Waals surface area contributed by atoms with Crippen LogP contribution in [0.4, 0.5) is 4.39 Å². The SMILES string of the molecule is CC(C)Oc1cncc(C(=O)c2ccncc2F)c1. The van der Waals surface area contributed by atoms with Gasteiger partial charge in [-0.25, -0.2) is 4.39 Å². The summed E-state index contributed by atoms with van der Waals surface area (Å²) in [4.78, 5) is 19.7. The van der Waals surface area contributed by atoms with Crippen molar-refractivity contribution in [1.82, 2.24) is 9.97 Å². The molecular formula is C14H13FN2O2. The summed E-state index contributed by atoms with van der Waals surface area (Å²) in [5, 5.41) is 0. The first kappa shape index (κ1) is 13.1. The third-order valence-electron chi connectivity index (χ3n) is 2.36. The molecule has 0 aliphatic rings. The fourth-order valence-electron chi connectivity index (χ4n) is 1.59. The van der Waals surface area contributed by atoms with Gasteiger partial charge in [-0.3, -0.25) is 14.8 Å². The Balaban J connectivity index is 2.32. The number of pyridine rings is 2. The van der Waals surface area contributed by atoms with Crippen LogP contribution in [0, 0.1) is 5.82 Å². The molecule has 0 N–H and O–H groups in total. The molecule has 2 aromatic rings. The summed E-state index contributed by atoms with van der Waals surface area (Å²) in [6.45, 7) is 3.74. The van der Waals surface area contributed by atoms with Crippen molar-refractivity contribution in [3.63, 3.8) is 0 Å². The highest BCUT2D eigenvalue weighted by atomic mass is 19.1. The highest BCUT2D eigenvalue weighted by Crippen LogP contribution is 2.17. The van der Waals surface area contributed by atoms with Crippen LogP contribution in [0.1, 0.15) is 29.8 Å². The van der Waals surface area contributed by atoms with Crippen molar-refractivity contribution in [2.75, 3.05) is 0 Å². The van der Waals surface area contributed by atoms with E-state index in [0.29, 0.717) is 5.75 Å². The molecule has 0 radical (unpaired) electrons. The van der Waals surface area contributed by atoms with Crippen LogP contribution < -0.4 is 4.74 Å². The summed E-state index contributed by atoms with van der Waals surface area (Å²) >= 11 is 0. The Hall–Kier alpha value is -2.30. The second kappa shape index (κ2) is 5.56. The molecule has 0 amide bonds. The van der Waals surface area contributed by atoms with Crippen LogP contribution in [-0.4, -0.2) is 21.9 Å². The Morgan fingerprint density at radius 3 is 2.74 bits per heavy atom. The van der Waals surface area contributed by atoms with Gasteiger partial charge in [0.1, 0.15) is 5.75 Å². The molecule has 0 bridgehead atoms. The number of rotatable bonds is 4. The number of carbonyl (C=O) groups is 1. The standard InChI is InChI=1S/C14H13FN2O2/c1-9(2)19-11-5-10(6-17-7-11)14(18)12-3-4-16-8-13(12)15/h3-9H,1-2H3. The van der Waals surface area contributed by atoms with Gasteiger partial charge in [-0.1, -0.05) is 0 Å². The lowest BCUT2D eigenvalue weighted by Gasteiger charge is -2.10. The van der Waals surface area contributed by atoms with Crippen molar-refractivity contribution in [2.24, 2.45) is 0 Å². The van der Waals surface area contributed by atoms with E-state index in [2.05, 4.69) is 9.97 Å². The smallest absolute Gasteiger partial charge is 0.197 e. The summed E-state index contributed by atoms with van der Waals surface area (Å²) in [7, 11) is 0. The number of carbonyl (C=O) groups excluding carboxylic acids is 1. The number of ether oxygens (including phenoxy) is 1. The third-order valence-corrected chi connectivity index (χ3v) is 2.36. The van der Waals surface area contributed by atoms with Crippen LogP contribution in [-0.2, 0) is 0 Å². The van der Waals surface area contributed by atoms with Crippen LogP contribution in [0.25, 0.3) is 0 Å². The van der Waals surface area contributed by atoms with Crippen LogP contribution in [0.3, 0.4) is 0 Å². The summed E-state index contributed by atoms with van der Waals surface area (Å²) in [5.74, 6) is -0.611. The first-order chi connectivity index (χ1) is 9.08. The summed E-state index contributed by atoms with van der Waals surface area (Å²) in [6, 6.07) is 2.89. The Bertz CT molecular complexity index is 600. The monoisotopic (exact) mass is 260 g/mol. The minimum absolute atomic E-state index is 0.0233. The van der Waals surface area contributed by atoms with Crippen molar-refractivity contribution in [3.8, 4) is 5.75 Å². The van der Waals surface area contributed by atoms with Crippen LogP contribution >= 0.6 is 0 Å². The van der Waals surface area contributed by atoms with Gasteiger partial charge < -0.3 is 4.74 Å². The zero-order valence-electron chi connectivity index (χ0n) is 10.6. The van der Waals surface area contributed by atoms with Crippen LogP contribution in [0.2, 0.25) is 0 Å². The molecule has 0 aliphatic carbocycles. The number of hydrogen-bond acceptors (Lipinski definition) is 4. The molecule has 0 aliphatic heterocycles. The minimum Gasteiger partial charge on any atom is -0.489 e. The average Bonchev–Trinajstić information content (AvgIpc) is 2.38. The van der Waals surface area contributed by atoms with Crippen molar-refractivity contribution < 1.29 is 13.9 Å². The fourth-order valence-corrected chi connectivity index (χ4v) is 1.59. The molecule has 0 atom stereocenters. The molecule has 0 saturated carbocycles. The molecule has 19 heavy (non-hydrogen) atoms. The molecular weight excluding hydrogens is 247 g/mol. The molecule has 2 rings (SSSR count). The van der Waals surface area contributed by atoms with Gasteiger partial charge in [0, 0.05) is 18.0 Å². The quantitative estimate of drug-likeness (QED) is 0.793. The molecule has 2 heterocycles. The van der Waals surface area contributed by atoms with Gasteiger partial charge in [0.15, 0.2) is 11.6 Å². The predicted octanol–water partition coefficient (Wildman–Crippen LogP) is 2.63. The largest absolute Gasteiger partial charge is 0.489 e. The van der Waals surface area contributed by atoms with E-state index in [9.17, 15) is 9.18 Å². The minimum atomic E-state index is -0.650. The van der Waals surface area contributed by atoms with E-state index >= 15 is 0 Å². The summed E-state index contributed by atoms with van der Waals surface area (Å²) in [6.07, 6.45) is 5.26. The summed E-state index contributed by atoms with van der Waals surface area (Å²) in [5.41, 5.74) is 0.252. The first-order valence-corrected chi connectivity index (χ1v) is 5.84. The predicted molar refractivity (Wildman–Crippen MR) is 67.6 cm³/mol. The van der Waals surface area contributed by atoms with E-state index in [0.717, 1.165) is 6.20 Å². The molecule has 98 valence electrons. The molecule has 0 saturated heterocycles. The third kappa shape index (κ3) is 3.13. The maximum Gasteiger partial charge on any atom is 0.197 e. The van der Waals surface area contributed by atoms with E-state index in [-0.39, 0.29) is 17.2 Å². The maximum absolute atomic E-state index is 13.5. The molecule has 0 unspecified atom stereocenters. The molecule has 5 heteroatoms. The number of nitrogens with zero attached hydrogens (tertiary/aromatic N) is 2. The van der Waals surface area contributed by atoms with Crippen molar-refractivity contribution >= 4 is 5.78 Å². The normalized spacial score (nSPS) is 10.5. The average molecular weight is 260 g/mol. The molecule has 4 nitrogen and oxygen atoms in total. The van der Waals surface area contributed by atoms with Gasteiger partial charge in [0.25, 0.3) is 0 Å². The van der Waals surface area contributed by atoms with E-state index < -0.39 is 11.6 Å². The van der Waals surface area contributed by atoms with Gasteiger partial charge in [-0.15, -0.1) is 0 Å². The highest BCUT2D eigenvalue weighted by Gasteiger charge is 2.15. The fraction of sp³-hybridized carbons (Fsp3) is 0.214. The second-order valence-electron chi connectivity index (χ2n) is 4.26.